The van der Waals surface area contributed by atoms with Crippen LogP contribution in [-0.4, -0.2) is 27.2 Å². The van der Waals surface area contributed by atoms with Crippen molar-refractivity contribution in [2.75, 3.05) is 6.54 Å². The fourth-order valence-electron chi connectivity index (χ4n) is 3.04. The molecule has 0 atom stereocenters. The topological polar surface area (TPSA) is 59.8 Å². The van der Waals surface area contributed by atoms with Gasteiger partial charge in [0, 0.05) is 18.1 Å². The van der Waals surface area contributed by atoms with E-state index in [1.807, 2.05) is 47.1 Å². The van der Waals surface area contributed by atoms with Crippen LogP contribution in [0.15, 0.2) is 79.1 Å². The molecule has 0 aliphatic heterocycles. The maximum Gasteiger partial charge on any atom is 0.252 e. The highest BCUT2D eigenvalue weighted by atomic mass is 16.1. The van der Waals surface area contributed by atoms with Crippen LogP contribution >= 0.6 is 0 Å². The Labute approximate surface area is 157 Å². The fourth-order valence-corrected chi connectivity index (χ4v) is 3.04. The zero-order valence-electron chi connectivity index (χ0n) is 14.9. The molecule has 0 radical (unpaired) electrons. The number of carbonyl (C=O) groups is 1. The summed E-state index contributed by atoms with van der Waals surface area (Å²) in [4.78, 5) is 16.9. The average molecular weight is 356 g/mol. The van der Waals surface area contributed by atoms with Gasteiger partial charge in [0.25, 0.3) is 5.91 Å². The molecule has 0 aliphatic rings. The number of pyridine rings is 1. The van der Waals surface area contributed by atoms with Gasteiger partial charge in [0.2, 0.25) is 0 Å². The lowest BCUT2D eigenvalue weighted by Crippen LogP contribution is -2.25. The molecule has 2 aromatic carbocycles. The number of carbonyl (C=O) groups excluding carboxylic acids is 1. The molecule has 134 valence electrons. The van der Waals surface area contributed by atoms with Gasteiger partial charge in [-0.3, -0.25) is 4.79 Å². The third-order valence-corrected chi connectivity index (χ3v) is 4.46. The molecule has 0 fully saturated rings. The normalized spacial score (nSPS) is 10.8. The molecule has 0 aliphatic carbocycles. The van der Waals surface area contributed by atoms with Crippen LogP contribution in [0.5, 0.6) is 0 Å². The van der Waals surface area contributed by atoms with Crippen LogP contribution in [0.1, 0.15) is 21.5 Å². The van der Waals surface area contributed by atoms with Crippen molar-refractivity contribution in [1.82, 2.24) is 20.1 Å². The van der Waals surface area contributed by atoms with Crippen molar-refractivity contribution in [3.8, 4) is 0 Å². The summed E-state index contributed by atoms with van der Waals surface area (Å²) < 4.78 is 1.85. The average Bonchev–Trinajstić information content (AvgIpc) is 3.11. The van der Waals surface area contributed by atoms with Gasteiger partial charge in [-0.2, -0.15) is 5.10 Å². The van der Waals surface area contributed by atoms with Crippen LogP contribution in [0.2, 0.25) is 0 Å². The van der Waals surface area contributed by atoms with Gasteiger partial charge in [0.05, 0.1) is 18.3 Å². The van der Waals surface area contributed by atoms with Crippen LogP contribution in [0.3, 0.4) is 0 Å². The second-order valence-electron chi connectivity index (χ2n) is 6.42. The second kappa shape index (κ2) is 7.83. The number of nitrogens with one attached hydrogen (secondary N) is 1. The summed E-state index contributed by atoms with van der Waals surface area (Å²) in [5.74, 6) is -0.115. The molecule has 4 aromatic rings. The quantitative estimate of drug-likeness (QED) is 0.576. The summed E-state index contributed by atoms with van der Waals surface area (Å²) in [6, 6.07) is 22.1. The Balaban J connectivity index is 1.43. The lowest BCUT2D eigenvalue weighted by Gasteiger charge is -2.06. The molecule has 0 spiro atoms. The number of aromatic nitrogens is 3. The Morgan fingerprint density at radius 2 is 1.63 bits per heavy atom. The summed E-state index contributed by atoms with van der Waals surface area (Å²) in [5, 5.41) is 8.23. The Bertz CT molecular complexity index is 1040. The molecule has 5 nitrogen and oxygen atoms in total. The van der Waals surface area contributed by atoms with Crippen molar-refractivity contribution in [2.24, 2.45) is 0 Å². The van der Waals surface area contributed by atoms with Gasteiger partial charge in [-0.25, -0.2) is 9.67 Å². The molecular formula is C22H20N4O. The van der Waals surface area contributed by atoms with Crippen LogP contribution in [0.4, 0.5) is 0 Å². The van der Waals surface area contributed by atoms with E-state index in [4.69, 9.17) is 0 Å². The highest BCUT2D eigenvalue weighted by Crippen LogP contribution is 2.14. The van der Waals surface area contributed by atoms with Crippen molar-refractivity contribution in [3.63, 3.8) is 0 Å². The molecular weight excluding hydrogens is 336 g/mol. The van der Waals surface area contributed by atoms with Crippen molar-refractivity contribution in [2.45, 2.75) is 13.0 Å². The van der Waals surface area contributed by atoms with E-state index in [2.05, 4.69) is 39.7 Å². The molecule has 1 amide bonds. The van der Waals surface area contributed by atoms with Gasteiger partial charge in [-0.05, 0) is 23.6 Å². The maximum atomic E-state index is 12.4. The van der Waals surface area contributed by atoms with Gasteiger partial charge < -0.3 is 5.32 Å². The summed E-state index contributed by atoms with van der Waals surface area (Å²) in [7, 11) is 0. The van der Waals surface area contributed by atoms with E-state index in [1.54, 1.807) is 12.4 Å². The first-order valence-electron chi connectivity index (χ1n) is 8.97. The Morgan fingerprint density at radius 1 is 0.926 bits per heavy atom. The zero-order chi connectivity index (χ0) is 18.5. The van der Waals surface area contributed by atoms with Crippen LogP contribution in [0, 0.1) is 0 Å². The zero-order valence-corrected chi connectivity index (χ0v) is 14.9. The molecule has 0 bridgehead atoms. The minimum Gasteiger partial charge on any atom is -0.352 e. The summed E-state index contributed by atoms with van der Waals surface area (Å²) in [5.41, 5.74) is 3.69. The van der Waals surface area contributed by atoms with E-state index in [0.29, 0.717) is 18.7 Å². The number of rotatable bonds is 6. The molecule has 2 heterocycles. The molecule has 0 unspecified atom stereocenters. The van der Waals surface area contributed by atoms with Crippen molar-refractivity contribution < 1.29 is 4.79 Å². The monoisotopic (exact) mass is 356 g/mol. The summed E-state index contributed by atoms with van der Waals surface area (Å²) in [6.07, 6.45) is 4.17. The number of amides is 1. The molecule has 2 aromatic heterocycles. The van der Waals surface area contributed by atoms with Crippen molar-refractivity contribution in [1.29, 1.82) is 0 Å². The van der Waals surface area contributed by atoms with Gasteiger partial charge in [-0.1, -0.05) is 60.7 Å². The SMILES string of the molecule is O=C(NCCc1ccccc1)c1cnc2c(cnn2Cc2ccccc2)c1. The van der Waals surface area contributed by atoms with Gasteiger partial charge in [-0.15, -0.1) is 0 Å². The van der Waals surface area contributed by atoms with E-state index >= 15 is 0 Å². The molecule has 0 saturated heterocycles. The number of benzene rings is 2. The van der Waals surface area contributed by atoms with Gasteiger partial charge >= 0.3 is 0 Å². The largest absolute Gasteiger partial charge is 0.352 e. The molecule has 27 heavy (non-hydrogen) atoms. The standard InChI is InChI=1S/C22H20N4O/c27-22(23-12-11-17-7-3-1-4-8-17)20-13-19-15-25-26(21(19)24-14-20)16-18-9-5-2-6-10-18/h1-10,13-15H,11-12,16H2,(H,23,27). The predicted molar refractivity (Wildman–Crippen MR) is 106 cm³/mol. The number of fused-ring (bicyclic) bond motifs is 1. The number of nitrogens with zero attached hydrogens (tertiary/aromatic N) is 3. The van der Waals surface area contributed by atoms with Crippen molar-refractivity contribution in [3.05, 3.63) is 95.8 Å². The lowest BCUT2D eigenvalue weighted by molar-refractivity contribution is 0.0954. The Hall–Kier alpha value is -3.47. The smallest absolute Gasteiger partial charge is 0.252 e. The number of hydrogen-bond acceptors (Lipinski definition) is 3. The maximum absolute atomic E-state index is 12.4. The summed E-state index contributed by atoms with van der Waals surface area (Å²) >= 11 is 0. The first-order valence-corrected chi connectivity index (χ1v) is 8.97. The highest BCUT2D eigenvalue weighted by Gasteiger charge is 2.10. The summed E-state index contributed by atoms with van der Waals surface area (Å²) in [6.45, 7) is 1.24. The third kappa shape index (κ3) is 4.03. The van der Waals surface area contributed by atoms with E-state index in [9.17, 15) is 4.79 Å². The van der Waals surface area contributed by atoms with Crippen LogP contribution < -0.4 is 5.32 Å². The third-order valence-electron chi connectivity index (χ3n) is 4.46. The van der Waals surface area contributed by atoms with E-state index in [1.165, 1.54) is 5.56 Å². The molecule has 1 N–H and O–H groups in total. The highest BCUT2D eigenvalue weighted by molar-refractivity contribution is 5.96. The predicted octanol–water partition coefficient (Wildman–Crippen LogP) is 3.45. The van der Waals surface area contributed by atoms with E-state index in [0.717, 1.165) is 23.0 Å². The minimum absolute atomic E-state index is 0.115. The van der Waals surface area contributed by atoms with Gasteiger partial charge in [0.1, 0.15) is 0 Å². The molecule has 4 rings (SSSR count). The van der Waals surface area contributed by atoms with E-state index < -0.39 is 0 Å². The van der Waals surface area contributed by atoms with Crippen LogP contribution in [0.25, 0.3) is 11.0 Å². The first kappa shape index (κ1) is 17.0. The molecule has 5 heteroatoms. The first-order chi connectivity index (χ1) is 13.3. The second-order valence-corrected chi connectivity index (χ2v) is 6.42. The minimum atomic E-state index is -0.115. The lowest BCUT2D eigenvalue weighted by atomic mass is 10.1. The Morgan fingerprint density at radius 3 is 2.37 bits per heavy atom. The van der Waals surface area contributed by atoms with Gasteiger partial charge in [0.15, 0.2) is 5.65 Å². The fraction of sp³-hybridized carbons (Fsp3) is 0.136. The van der Waals surface area contributed by atoms with Crippen LogP contribution in [-0.2, 0) is 13.0 Å². The van der Waals surface area contributed by atoms with E-state index in [-0.39, 0.29) is 5.91 Å². The Kier molecular flexibility index (Phi) is 4.92. The number of hydrogen-bond donors (Lipinski definition) is 1. The van der Waals surface area contributed by atoms with Crippen molar-refractivity contribution >= 4 is 16.9 Å². The molecule has 0 saturated carbocycles.